The van der Waals surface area contributed by atoms with Crippen LogP contribution in [0.15, 0.2) is 34.3 Å². The lowest BCUT2D eigenvalue weighted by Gasteiger charge is -2.12. The van der Waals surface area contributed by atoms with Crippen LogP contribution < -0.4 is 5.32 Å². The van der Waals surface area contributed by atoms with Crippen LogP contribution in [-0.2, 0) is 14.6 Å². The van der Waals surface area contributed by atoms with E-state index in [4.69, 9.17) is 4.74 Å². The predicted octanol–water partition coefficient (Wildman–Crippen LogP) is 1.92. The molecule has 0 saturated carbocycles. The van der Waals surface area contributed by atoms with Crippen molar-refractivity contribution in [1.29, 1.82) is 0 Å². The number of esters is 1. The van der Waals surface area contributed by atoms with Crippen molar-refractivity contribution < 1.29 is 17.9 Å². The van der Waals surface area contributed by atoms with Gasteiger partial charge < -0.3 is 10.1 Å². The molecule has 24 heavy (non-hydrogen) atoms. The summed E-state index contributed by atoms with van der Waals surface area (Å²) >= 11 is 1.24. The first kappa shape index (κ1) is 18.1. The SMILES string of the molecule is CCOC(=O)c1nnc(SC)nc1Nc1ccccc1S(C)(=O)=O. The zero-order chi connectivity index (χ0) is 17.7. The van der Waals surface area contributed by atoms with Gasteiger partial charge in [0.1, 0.15) is 0 Å². The van der Waals surface area contributed by atoms with Gasteiger partial charge in [-0.2, -0.15) is 0 Å². The Kier molecular flexibility index (Phi) is 5.73. The van der Waals surface area contributed by atoms with Crippen molar-refractivity contribution >= 4 is 39.1 Å². The normalized spacial score (nSPS) is 11.1. The van der Waals surface area contributed by atoms with E-state index in [1.807, 2.05) is 0 Å². The average Bonchev–Trinajstić information content (AvgIpc) is 2.54. The first-order valence-corrected chi connectivity index (χ1v) is 10.0. The van der Waals surface area contributed by atoms with Crippen LogP contribution in [0.2, 0.25) is 0 Å². The monoisotopic (exact) mass is 368 g/mol. The number of thioether (sulfide) groups is 1. The van der Waals surface area contributed by atoms with Gasteiger partial charge in [-0.15, -0.1) is 10.2 Å². The van der Waals surface area contributed by atoms with Gasteiger partial charge >= 0.3 is 5.97 Å². The first-order chi connectivity index (χ1) is 11.4. The van der Waals surface area contributed by atoms with E-state index in [2.05, 4.69) is 20.5 Å². The molecule has 0 aliphatic heterocycles. The Morgan fingerprint density at radius 1 is 1.29 bits per heavy atom. The number of benzene rings is 1. The van der Waals surface area contributed by atoms with Crippen LogP contribution in [0.25, 0.3) is 0 Å². The number of nitrogens with zero attached hydrogens (tertiary/aromatic N) is 3. The molecule has 1 aromatic carbocycles. The Labute approximate surface area is 144 Å². The molecule has 1 heterocycles. The summed E-state index contributed by atoms with van der Waals surface area (Å²) in [5.41, 5.74) is 0.177. The molecule has 0 bridgehead atoms. The lowest BCUT2D eigenvalue weighted by Crippen LogP contribution is -2.14. The number of para-hydroxylation sites is 1. The first-order valence-electron chi connectivity index (χ1n) is 6.88. The lowest BCUT2D eigenvalue weighted by molar-refractivity contribution is 0.0518. The molecule has 2 rings (SSSR count). The molecule has 0 atom stereocenters. The molecule has 128 valence electrons. The van der Waals surface area contributed by atoms with Gasteiger partial charge in [-0.05, 0) is 25.3 Å². The summed E-state index contributed by atoms with van der Waals surface area (Å²) in [5, 5.41) is 10.8. The van der Waals surface area contributed by atoms with E-state index in [-0.39, 0.29) is 28.7 Å². The van der Waals surface area contributed by atoms with Gasteiger partial charge in [0.05, 0.1) is 17.2 Å². The van der Waals surface area contributed by atoms with E-state index in [0.29, 0.717) is 5.16 Å². The van der Waals surface area contributed by atoms with Crippen molar-refractivity contribution in [3.8, 4) is 0 Å². The number of sulfone groups is 1. The fourth-order valence-corrected chi connectivity index (χ4v) is 2.99. The van der Waals surface area contributed by atoms with Crippen LogP contribution in [0.4, 0.5) is 11.5 Å². The Bertz CT molecular complexity index is 856. The van der Waals surface area contributed by atoms with Gasteiger partial charge in [-0.3, -0.25) is 0 Å². The summed E-state index contributed by atoms with van der Waals surface area (Å²) < 4.78 is 28.7. The van der Waals surface area contributed by atoms with Gasteiger partial charge in [0, 0.05) is 6.26 Å². The van der Waals surface area contributed by atoms with Crippen molar-refractivity contribution in [2.75, 3.05) is 24.4 Å². The number of anilines is 2. The number of hydrogen-bond acceptors (Lipinski definition) is 9. The van der Waals surface area contributed by atoms with Crippen molar-refractivity contribution in [1.82, 2.24) is 15.2 Å². The number of nitrogens with one attached hydrogen (secondary N) is 1. The standard InChI is InChI=1S/C14H16N4O4S2/c1-4-22-13(19)11-12(16-14(23-2)18-17-11)15-9-7-5-6-8-10(9)24(3,20)21/h5-8H,4H2,1-3H3,(H,15,16,18). The van der Waals surface area contributed by atoms with E-state index in [9.17, 15) is 13.2 Å². The van der Waals surface area contributed by atoms with Crippen molar-refractivity contribution in [2.24, 2.45) is 0 Å². The van der Waals surface area contributed by atoms with Gasteiger partial charge in [-0.1, -0.05) is 23.9 Å². The Morgan fingerprint density at radius 3 is 2.62 bits per heavy atom. The lowest BCUT2D eigenvalue weighted by atomic mass is 10.3. The van der Waals surface area contributed by atoms with Crippen LogP contribution in [0.5, 0.6) is 0 Å². The summed E-state index contributed by atoms with van der Waals surface area (Å²) in [6.45, 7) is 1.84. The molecule has 0 saturated heterocycles. The van der Waals surface area contributed by atoms with Crippen LogP contribution >= 0.6 is 11.8 Å². The second kappa shape index (κ2) is 7.58. The molecule has 10 heteroatoms. The number of hydrogen-bond donors (Lipinski definition) is 1. The van der Waals surface area contributed by atoms with Gasteiger partial charge in [0.25, 0.3) is 0 Å². The minimum Gasteiger partial charge on any atom is -0.461 e. The Balaban J connectivity index is 2.51. The van der Waals surface area contributed by atoms with E-state index < -0.39 is 15.8 Å². The van der Waals surface area contributed by atoms with Gasteiger partial charge in [-0.25, -0.2) is 18.2 Å². The highest BCUT2D eigenvalue weighted by molar-refractivity contribution is 7.98. The fourth-order valence-electron chi connectivity index (χ4n) is 1.84. The molecule has 1 N–H and O–H groups in total. The molecule has 0 spiro atoms. The third-order valence-corrected chi connectivity index (χ3v) is 4.55. The maximum Gasteiger partial charge on any atom is 0.362 e. The molecule has 8 nitrogen and oxygen atoms in total. The summed E-state index contributed by atoms with van der Waals surface area (Å²) in [7, 11) is -3.46. The summed E-state index contributed by atoms with van der Waals surface area (Å²) in [5.74, 6) is -0.603. The minimum atomic E-state index is -3.46. The maximum absolute atomic E-state index is 12.0. The molecular formula is C14H16N4O4S2. The second-order valence-corrected chi connectivity index (χ2v) is 7.37. The minimum absolute atomic E-state index is 0.0869. The van der Waals surface area contributed by atoms with Crippen LogP contribution in [-0.4, -0.2) is 48.7 Å². The predicted molar refractivity (Wildman–Crippen MR) is 90.4 cm³/mol. The molecule has 0 aliphatic carbocycles. The number of carbonyl (C=O) groups is 1. The number of carbonyl (C=O) groups excluding carboxylic acids is 1. The highest BCUT2D eigenvalue weighted by Gasteiger charge is 2.20. The van der Waals surface area contributed by atoms with E-state index in [1.165, 1.54) is 17.8 Å². The average molecular weight is 368 g/mol. The molecule has 1 aromatic heterocycles. The molecule has 0 radical (unpaired) electrons. The fraction of sp³-hybridized carbons (Fsp3) is 0.286. The van der Waals surface area contributed by atoms with Crippen LogP contribution in [0.1, 0.15) is 17.4 Å². The third-order valence-electron chi connectivity index (χ3n) is 2.86. The zero-order valence-electron chi connectivity index (χ0n) is 13.3. The maximum atomic E-state index is 12.0. The number of rotatable bonds is 6. The van der Waals surface area contributed by atoms with E-state index in [1.54, 1.807) is 31.4 Å². The second-order valence-electron chi connectivity index (χ2n) is 4.61. The Hall–Kier alpha value is -2.20. The molecule has 0 unspecified atom stereocenters. The number of aromatic nitrogens is 3. The summed E-state index contributed by atoms with van der Waals surface area (Å²) in [6, 6.07) is 6.32. The van der Waals surface area contributed by atoms with Crippen molar-refractivity contribution in [2.45, 2.75) is 17.0 Å². The largest absolute Gasteiger partial charge is 0.461 e. The van der Waals surface area contributed by atoms with Crippen LogP contribution in [0.3, 0.4) is 0 Å². The van der Waals surface area contributed by atoms with E-state index >= 15 is 0 Å². The highest BCUT2D eigenvalue weighted by Crippen LogP contribution is 2.26. The molecule has 0 fully saturated rings. The van der Waals surface area contributed by atoms with Gasteiger partial charge in [0.2, 0.25) is 10.9 Å². The summed E-state index contributed by atoms with van der Waals surface area (Å²) in [4.78, 5) is 16.3. The van der Waals surface area contributed by atoms with Crippen molar-refractivity contribution in [3.63, 3.8) is 0 Å². The molecule has 0 amide bonds. The zero-order valence-corrected chi connectivity index (χ0v) is 14.9. The highest BCUT2D eigenvalue weighted by atomic mass is 32.2. The van der Waals surface area contributed by atoms with E-state index in [0.717, 1.165) is 6.26 Å². The van der Waals surface area contributed by atoms with Crippen LogP contribution in [0, 0.1) is 0 Å². The quantitative estimate of drug-likeness (QED) is 0.603. The smallest absolute Gasteiger partial charge is 0.362 e. The van der Waals surface area contributed by atoms with Gasteiger partial charge in [0.15, 0.2) is 15.7 Å². The van der Waals surface area contributed by atoms with Crippen molar-refractivity contribution in [3.05, 3.63) is 30.0 Å². The molecule has 2 aromatic rings. The summed E-state index contributed by atoms with van der Waals surface area (Å²) in [6.07, 6.45) is 2.86. The molecule has 0 aliphatic rings. The molecular weight excluding hydrogens is 352 g/mol. The Morgan fingerprint density at radius 2 is 2.00 bits per heavy atom. The number of ether oxygens (including phenoxy) is 1. The third kappa shape index (κ3) is 4.20. The topological polar surface area (TPSA) is 111 Å².